The molecule has 124 valence electrons. The highest BCUT2D eigenvalue weighted by Crippen LogP contribution is 2.30. The van der Waals surface area contributed by atoms with Gasteiger partial charge in [0.1, 0.15) is 11.5 Å². The smallest absolute Gasteiger partial charge is 0.441 e. The third-order valence-corrected chi connectivity index (χ3v) is 3.42. The molecule has 0 radical (unpaired) electrons. The summed E-state index contributed by atoms with van der Waals surface area (Å²) in [5.74, 6) is 0.0873. The fourth-order valence-corrected chi connectivity index (χ4v) is 2.15. The lowest BCUT2D eigenvalue weighted by Crippen LogP contribution is -2.36. The molecule has 0 unspecified atom stereocenters. The largest absolute Gasteiger partial charge is 0.497 e. The molecule has 1 amide bonds. The van der Waals surface area contributed by atoms with E-state index in [0.717, 1.165) is 0 Å². The number of rotatable bonds is 7. The minimum Gasteiger partial charge on any atom is -0.497 e. The molecule has 1 aromatic rings. The molecule has 0 aliphatic carbocycles. The van der Waals surface area contributed by atoms with Crippen molar-refractivity contribution in [2.45, 2.75) is 18.0 Å². The van der Waals surface area contributed by atoms with Gasteiger partial charge in [-0.2, -0.15) is 13.2 Å². The summed E-state index contributed by atoms with van der Waals surface area (Å²) in [6.45, 7) is 0. The second-order valence-corrected chi connectivity index (χ2v) is 5.44. The molecule has 0 heterocycles. The van der Waals surface area contributed by atoms with Gasteiger partial charge >= 0.3 is 5.51 Å². The third kappa shape index (κ3) is 6.44. The molecule has 0 aliphatic heterocycles. The van der Waals surface area contributed by atoms with Crippen LogP contribution in [0.25, 0.3) is 0 Å². The van der Waals surface area contributed by atoms with Gasteiger partial charge < -0.3 is 20.5 Å². The molecule has 1 rings (SSSR count). The van der Waals surface area contributed by atoms with Crippen molar-refractivity contribution in [1.82, 2.24) is 0 Å². The molecule has 0 aromatic heterocycles. The number of alkyl halides is 3. The van der Waals surface area contributed by atoms with Gasteiger partial charge in [0.15, 0.2) is 0 Å². The summed E-state index contributed by atoms with van der Waals surface area (Å²) in [6, 6.07) is 3.69. The highest BCUT2D eigenvalue weighted by molar-refractivity contribution is 8.00. The standard InChI is InChI=1S/C13H17F3N2O3S/c1-20-9-5-8(6-10(7-9)21-2)18-12(19)11(17)3-4-22-13(14,15)16/h5-7,11H,3-4,17H2,1-2H3,(H,18,19)/t11-/m0/s1. The number of anilines is 1. The van der Waals surface area contributed by atoms with Crippen molar-refractivity contribution in [3.63, 3.8) is 0 Å². The fourth-order valence-electron chi connectivity index (χ4n) is 1.55. The Kier molecular flexibility index (Phi) is 6.82. The van der Waals surface area contributed by atoms with Crippen LogP contribution in [-0.2, 0) is 4.79 Å². The Bertz CT molecular complexity index is 490. The van der Waals surface area contributed by atoms with Crippen LogP contribution in [0.4, 0.5) is 18.9 Å². The van der Waals surface area contributed by atoms with Gasteiger partial charge in [0, 0.05) is 29.6 Å². The van der Waals surface area contributed by atoms with Gasteiger partial charge in [-0.25, -0.2) is 0 Å². The molecule has 0 fully saturated rings. The van der Waals surface area contributed by atoms with Crippen molar-refractivity contribution in [2.75, 3.05) is 25.3 Å². The van der Waals surface area contributed by atoms with Crippen LogP contribution in [0.2, 0.25) is 0 Å². The van der Waals surface area contributed by atoms with E-state index >= 15 is 0 Å². The summed E-state index contributed by atoms with van der Waals surface area (Å²) in [7, 11) is 2.92. The quantitative estimate of drug-likeness (QED) is 0.799. The molecule has 22 heavy (non-hydrogen) atoms. The number of hydrogen-bond acceptors (Lipinski definition) is 5. The second-order valence-electron chi connectivity index (χ2n) is 4.28. The number of amides is 1. The number of nitrogens with one attached hydrogen (secondary N) is 1. The van der Waals surface area contributed by atoms with E-state index in [9.17, 15) is 18.0 Å². The Labute approximate surface area is 130 Å². The van der Waals surface area contributed by atoms with Gasteiger partial charge in [-0.3, -0.25) is 4.79 Å². The van der Waals surface area contributed by atoms with Crippen molar-refractivity contribution in [1.29, 1.82) is 0 Å². The van der Waals surface area contributed by atoms with Gasteiger partial charge in [0.25, 0.3) is 0 Å². The summed E-state index contributed by atoms with van der Waals surface area (Å²) in [4.78, 5) is 11.9. The minimum absolute atomic E-state index is 0.0862. The average molecular weight is 338 g/mol. The summed E-state index contributed by atoms with van der Waals surface area (Å²) < 4.78 is 46.1. The first kappa shape index (κ1) is 18.4. The van der Waals surface area contributed by atoms with Gasteiger partial charge in [0.2, 0.25) is 5.91 Å². The Hall–Kier alpha value is -1.61. The molecule has 0 aliphatic rings. The number of carbonyl (C=O) groups is 1. The number of benzene rings is 1. The zero-order valence-corrected chi connectivity index (χ0v) is 12.9. The Morgan fingerprint density at radius 3 is 2.27 bits per heavy atom. The lowest BCUT2D eigenvalue weighted by Gasteiger charge is -2.14. The molecular formula is C13H17F3N2O3S. The first-order valence-electron chi connectivity index (χ1n) is 6.25. The van der Waals surface area contributed by atoms with E-state index < -0.39 is 17.5 Å². The highest BCUT2D eigenvalue weighted by atomic mass is 32.2. The molecule has 9 heteroatoms. The predicted octanol–water partition coefficient (Wildman–Crippen LogP) is 2.61. The number of ether oxygens (including phenoxy) is 2. The molecule has 0 spiro atoms. The van der Waals surface area contributed by atoms with Crippen molar-refractivity contribution < 1.29 is 27.4 Å². The van der Waals surface area contributed by atoms with E-state index in [1.54, 1.807) is 18.2 Å². The van der Waals surface area contributed by atoms with Crippen molar-refractivity contribution in [2.24, 2.45) is 5.73 Å². The van der Waals surface area contributed by atoms with E-state index in [0.29, 0.717) is 17.2 Å². The van der Waals surface area contributed by atoms with Crippen LogP contribution in [0, 0.1) is 0 Å². The molecule has 1 atom stereocenters. The molecule has 3 N–H and O–H groups in total. The normalized spacial score (nSPS) is 12.6. The molecular weight excluding hydrogens is 321 g/mol. The maximum absolute atomic E-state index is 12.0. The maximum Gasteiger partial charge on any atom is 0.441 e. The van der Waals surface area contributed by atoms with Crippen molar-refractivity contribution in [3.05, 3.63) is 18.2 Å². The zero-order valence-electron chi connectivity index (χ0n) is 12.1. The number of carbonyl (C=O) groups excluding carboxylic acids is 1. The monoisotopic (exact) mass is 338 g/mol. The van der Waals surface area contributed by atoms with Gasteiger partial charge in [-0.05, 0) is 6.42 Å². The van der Waals surface area contributed by atoms with Gasteiger partial charge in [-0.15, -0.1) is 0 Å². The first-order chi connectivity index (χ1) is 10.2. The lowest BCUT2D eigenvalue weighted by atomic mass is 10.2. The summed E-state index contributed by atoms with van der Waals surface area (Å²) in [5.41, 5.74) is 1.65. The van der Waals surface area contributed by atoms with E-state index in [1.807, 2.05) is 0 Å². The third-order valence-electron chi connectivity index (χ3n) is 2.65. The zero-order chi connectivity index (χ0) is 16.8. The van der Waals surface area contributed by atoms with Crippen LogP contribution >= 0.6 is 11.8 Å². The first-order valence-corrected chi connectivity index (χ1v) is 7.24. The number of nitrogens with two attached hydrogens (primary N) is 1. The lowest BCUT2D eigenvalue weighted by molar-refractivity contribution is -0.117. The number of halogens is 3. The van der Waals surface area contributed by atoms with Crippen LogP contribution < -0.4 is 20.5 Å². The van der Waals surface area contributed by atoms with Gasteiger partial charge in [-0.1, -0.05) is 11.8 Å². The molecule has 0 saturated carbocycles. The van der Waals surface area contributed by atoms with Crippen LogP contribution in [0.5, 0.6) is 11.5 Å². The summed E-state index contributed by atoms with van der Waals surface area (Å²) >= 11 is -0.202. The predicted molar refractivity (Wildman–Crippen MR) is 79.3 cm³/mol. The summed E-state index contributed by atoms with van der Waals surface area (Å²) in [6.07, 6.45) is -0.0862. The Morgan fingerprint density at radius 1 is 1.27 bits per heavy atom. The molecule has 0 bridgehead atoms. The van der Waals surface area contributed by atoms with Crippen LogP contribution in [0.1, 0.15) is 6.42 Å². The second kappa shape index (κ2) is 8.14. The SMILES string of the molecule is COc1cc(NC(=O)[C@@H](N)CCSC(F)(F)F)cc(OC)c1. The number of thioether (sulfide) groups is 1. The Morgan fingerprint density at radius 2 is 1.82 bits per heavy atom. The van der Waals surface area contributed by atoms with E-state index in [1.165, 1.54) is 14.2 Å². The van der Waals surface area contributed by atoms with Crippen LogP contribution in [0.15, 0.2) is 18.2 Å². The van der Waals surface area contributed by atoms with Crippen LogP contribution in [0.3, 0.4) is 0 Å². The van der Waals surface area contributed by atoms with Crippen molar-refractivity contribution >= 4 is 23.4 Å². The van der Waals surface area contributed by atoms with E-state index in [2.05, 4.69) is 5.32 Å². The van der Waals surface area contributed by atoms with E-state index in [-0.39, 0.29) is 23.9 Å². The average Bonchev–Trinajstić information content (AvgIpc) is 2.45. The highest BCUT2D eigenvalue weighted by Gasteiger charge is 2.28. The number of methoxy groups -OCH3 is 2. The fraction of sp³-hybridized carbons (Fsp3) is 0.462. The van der Waals surface area contributed by atoms with Crippen molar-refractivity contribution in [3.8, 4) is 11.5 Å². The summed E-state index contributed by atoms with van der Waals surface area (Å²) in [5, 5.41) is 2.52. The van der Waals surface area contributed by atoms with E-state index in [4.69, 9.17) is 15.2 Å². The minimum atomic E-state index is -4.32. The molecule has 5 nitrogen and oxygen atoms in total. The van der Waals surface area contributed by atoms with Crippen LogP contribution in [-0.4, -0.2) is 37.4 Å². The molecule has 1 aromatic carbocycles. The molecule has 0 saturated heterocycles. The maximum atomic E-state index is 12.0. The van der Waals surface area contributed by atoms with Gasteiger partial charge in [0.05, 0.1) is 20.3 Å². The Balaban J connectivity index is 2.60. The topological polar surface area (TPSA) is 73.6 Å². The number of hydrogen-bond donors (Lipinski definition) is 2.